The molecule has 1 saturated heterocycles. The van der Waals surface area contributed by atoms with Gasteiger partial charge in [0.05, 0.1) is 0 Å². The summed E-state index contributed by atoms with van der Waals surface area (Å²) < 4.78 is 0. The van der Waals surface area contributed by atoms with Crippen molar-refractivity contribution < 1.29 is 4.79 Å². The standard InChI is InChI=1S/C26H38N2O/c1-16-14-22-26(3,13-11-23(29)28(22)4)21-10-12-25(2)19(8-9-20(25)24(16)21)17-6-5-7-18(27)15-17/h5-7,15-16,19-22,24H,8-14,27H2,1-4H3/t16-,19+,20-,21-,22+,24-,25+,26+/m0/s1. The first-order valence-corrected chi connectivity index (χ1v) is 11.9. The highest BCUT2D eigenvalue weighted by molar-refractivity contribution is 5.77. The Morgan fingerprint density at radius 2 is 1.83 bits per heavy atom. The molecule has 0 bridgehead atoms. The van der Waals surface area contributed by atoms with Crippen molar-refractivity contribution in [1.82, 2.24) is 4.90 Å². The number of fused-ring (bicyclic) bond motifs is 5. The molecule has 4 fully saturated rings. The van der Waals surface area contributed by atoms with Crippen LogP contribution in [0.3, 0.4) is 0 Å². The summed E-state index contributed by atoms with van der Waals surface area (Å²) >= 11 is 0. The Balaban J connectivity index is 1.48. The molecule has 3 saturated carbocycles. The molecule has 1 aliphatic heterocycles. The molecule has 1 aromatic carbocycles. The fraction of sp³-hybridized carbons (Fsp3) is 0.731. The van der Waals surface area contributed by atoms with E-state index in [1.54, 1.807) is 0 Å². The predicted octanol–water partition coefficient (Wildman–Crippen LogP) is 5.46. The van der Waals surface area contributed by atoms with Gasteiger partial charge in [0, 0.05) is 25.2 Å². The smallest absolute Gasteiger partial charge is 0.222 e. The Bertz CT molecular complexity index is 821. The van der Waals surface area contributed by atoms with E-state index in [1.807, 2.05) is 6.07 Å². The second kappa shape index (κ2) is 6.49. The van der Waals surface area contributed by atoms with Crippen molar-refractivity contribution in [1.29, 1.82) is 0 Å². The number of nitrogens with two attached hydrogens (primary N) is 1. The number of benzene rings is 1. The lowest BCUT2D eigenvalue weighted by Gasteiger charge is -2.63. The summed E-state index contributed by atoms with van der Waals surface area (Å²) in [6, 6.07) is 9.13. The molecule has 1 amide bonds. The maximum Gasteiger partial charge on any atom is 0.222 e. The van der Waals surface area contributed by atoms with Crippen molar-refractivity contribution in [3.8, 4) is 0 Å². The molecule has 1 heterocycles. The highest BCUT2D eigenvalue weighted by Crippen LogP contribution is 2.68. The van der Waals surface area contributed by atoms with Gasteiger partial charge in [0.2, 0.25) is 5.91 Å². The van der Waals surface area contributed by atoms with Crippen LogP contribution < -0.4 is 5.73 Å². The van der Waals surface area contributed by atoms with E-state index in [4.69, 9.17) is 5.73 Å². The van der Waals surface area contributed by atoms with Gasteiger partial charge in [-0.25, -0.2) is 0 Å². The molecule has 3 aliphatic carbocycles. The first kappa shape index (κ1) is 19.5. The molecule has 3 heteroatoms. The Morgan fingerprint density at radius 1 is 1.07 bits per heavy atom. The number of hydrogen-bond acceptors (Lipinski definition) is 2. The van der Waals surface area contributed by atoms with Gasteiger partial charge >= 0.3 is 0 Å². The van der Waals surface area contributed by atoms with E-state index < -0.39 is 0 Å². The zero-order chi connectivity index (χ0) is 20.6. The van der Waals surface area contributed by atoms with Crippen LogP contribution in [0.15, 0.2) is 24.3 Å². The third-order valence-electron chi connectivity index (χ3n) is 10.2. The van der Waals surface area contributed by atoms with Crippen LogP contribution in [0.5, 0.6) is 0 Å². The minimum atomic E-state index is 0.302. The molecule has 0 radical (unpaired) electrons. The zero-order valence-electron chi connectivity index (χ0n) is 18.7. The van der Waals surface area contributed by atoms with Crippen LogP contribution >= 0.6 is 0 Å². The molecule has 2 N–H and O–H groups in total. The van der Waals surface area contributed by atoms with Gasteiger partial charge in [-0.15, -0.1) is 0 Å². The monoisotopic (exact) mass is 394 g/mol. The number of likely N-dealkylation sites (tertiary alicyclic amines) is 1. The van der Waals surface area contributed by atoms with Crippen molar-refractivity contribution in [2.75, 3.05) is 12.8 Å². The molecule has 0 unspecified atom stereocenters. The number of rotatable bonds is 1. The van der Waals surface area contributed by atoms with Crippen molar-refractivity contribution in [3.63, 3.8) is 0 Å². The maximum atomic E-state index is 12.4. The highest BCUT2D eigenvalue weighted by atomic mass is 16.2. The van der Waals surface area contributed by atoms with Gasteiger partial charge < -0.3 is 10.6 Å². The lowest BCUT2D eigenvalue weighted by molar-refractivity contribution is -0.165. The third-order valence-corrected chi connectivity index (χ3v) is 10.2. The quantitative estimate of drug-likeness (QED) is 0.643. The van der Waals surface area contributed by atoms with E-state index in [2.05, 4.69) is 50.9 Å². The highest BCUT2D eigenvalue weighted by Gasteiger charge is 2.62. The number of carbonyl (C=O) groups excluding carboxylic acids is 1. The molecule has 1 aromatic rings. The Morgan fingerprint density at radius 3 is 2.59 bits per heavy atom. The fourth-order valence-electron chi connectivity index (χ4n) is 8.79. The van der Waals surface area contributed by atoms with E-state index in [1.165, 1.54) is 37.7 Å². The maximum absolute atomic E-state index is 12.4. The van der Waals surface area contributed by atoms with Crippen LogP contribution in [0.25, 0.3) is 0 Å². The Kier molecular flexibility index (Phi) is 4.35. The van der Waals surface area contributed by atoms with Gasteiger partial charge in [-0.2, -0.15) is 0 Å². The van der Waals surface area contributed by atoms with Crippen LogP contribution in [0, 0.1) is 34.5 Å². The molecule has 29 heavy (non-hydrogen) atoms. The van der Waals surface area contributed by atoms with Gasteiger partial charge in [0.15, 0.2) is 0 Å². The summed E-state index contributed by atoms with van der Waals surface area (Å²) in [7, 11) is 2.07. The summed E-state index contributed by atoms with van der Waals surface area (Å²) in [5, 5.41) is 0. The van der Waals surface area contributed by atoms with E-state index in [0.29, 0.717) is 34.6 Å². The van der Waals surface area contributed by atoms with Crippen molar-refractivity contribution in [2.24, 2.45) is 34.5 Å². The molecule has 3 nitrogen and oxygen atoms in total. The minimum Gasteiger partial charge on any atom is -0.399 e. The third kappa shape index (κ3) is 2.65. The van der Waals surface area contributed by atoms with E-state index in [-0.39, 0.29) is 0 Å². The van der Waals surface area contributed by atoms with Crippen LogP contribution in [-0.2, 0) is 4.79 Å². The molecule has 0 aromatic heterocycles. The number of anilines is 1. The average molecular weight is 395 g/mol. The number of hydrogen-bond donors (Lipinski definition) is 1. The number of nitrogens with zero attached hydrogens (tertiary/aromatic N) is 1. The second-order valence-corrected chi connectivity index (χ2v) is 11.4. The van der Waals surface area contributed by atoms with E-state index in [9.17, 15) is 4.79 Å². The van der Waals surface area contributed by atoms with Gasteiger partial charge in [-0.3, -0.25) is 4.79 Å². The summed E-state index contributed by atoms with van der Waals surface area (Å²) in [4.78, 5) is 14.6. The first-order valence-electron chi connectivity index (χ1n) is 11.9. The lowest BCUT2D eigenvalue weighted by atomic mass is 9.44. The SMILES string of the molecule is C[C@H]1C[C@H]2N(C)C(=O)CC[C@]2(C)[C@H]2CC[C@]3(C)[C@@H](c4cccc(N)c4)CC[C@H]3[C@H]12. The second-order valence-electron chi connectivity index (χ2n) is 11.4. The predicted molar refractivity (Wildman–Crippen MR) is 118 cm³/mol. The fourth-order valence-corrected chi connectivity index (χ4v) is 8.79. The molecular weight excluding hydrogens is 356 g/mol. The van der Waals surface area contributed by atoms with Crippen LogP contribution in [0.2, 0.25) is 0 Å². The van der Waals surface area contributed by atoms with Gasteiger partial charge in [-0.1, -0.05) is 32.9 Å². The Hall–Kier alpha value is -1.51. The van der Waals surface area contributed by atoms with Crippen LogP contribution in [0.4, 0.5) is 5.69 Å². The lowest BCUT2D eigenvalue weighted by Crippen LogP contribution is -2.63. The summed E-state index contributed by atoms with van der Waals surface area (Å²) in [5.74, 6) is 4.10. The summed E-state index contributed by atoms with van der Waals surface area (Å²) in [6.45, 7) is 7.60. The van der Waals surface area contributed by atoms with Crippen molar-refractivity contribution in [3.05, 3.63) is 29.8 Å². The molecule has 8 atom stereocenters. The molecule has 5 rings (SSSR count). The van der Waals surface area contributed by atoms with Crippen molar-refractivity contribution >= 4 is 11.6 Å². The minimum absolute atomic E-state index is 0.302. The number of amides is 1. The summed E-state index contributed by atoms with van der Waals surface area (Å²) in [5.41, 5.74) is 9.21. The topological polar surface area (TPSA) is 46.3 Å². The first-order chi connectivity index (χ1) is 13.8. The number of piperidine rings is 1. The molecular formula is C26H38N2O. The van der Waals surface area contributed by atoms with Crippen LogP contribution in [0.1, 0.15) is 77.2 Å². The van der Waals surface area contributed by atoms with Gasteiger partial charge in [0.25, 0.3) is 0 Å². The largest absolute Gasteiger partial charge is 0.399 e. The normalized spacial score (nSPS) is 46.8. The molecule has 158 valence electrons. The van der Waals surface area contributed by atoms with E-state index >= 15 is 0 Å². The average Bonchev–Trinajstić information content (AvgIpc) is 3.04. The summed E-state index contributed by atoms with van der Waals surface area (Å²) in [6.07, 6.45) is 8.35. The van der Waals surface area contributed by atoms with E-state index in [0.717, 1.165) is 36.3 Å². The van der Waals surface area contributed by atoms with Gasteiger partial charge in [-0.05, 0) is 96.6 Å². The number of carbonyl (C=O) groups is 1. The molecule has 0 spiro atoms. The Labute approximate surface area is 176 Å². The molecule has 4 aliphatic rings. The van der Waals surface area contributed by atoms with Gasteiger partial charge in [0.1, 0.15) is 0 Å². The van der Waals surface area contributed by atoms with Crippen molar-refractivity contribution in [2.45, 2.75) is 77.7 Å². The van der Waals surface area contributed by atoms with Crippen LogP contribution in [-0.4, -0.2) is 23.9 Å². The zero-order valence-corrected chi connectivity index (χ0v) is 18.7. The number of nitrogen functional groups attached to an aromatic ring is 1.